The number of nitrogens with one attached hydrogen (secondary N) is 1. The minimum Gasteiger partial charge on any atom is -0.319 e. The second kappa shape index (κ2) is 9.16. The van der Waals surface area contributed by atoms with Gasteiger partial charge < -0.3 is 4.57 Å². The van der Waals surface area contributed by atoms with Crippen molar-refractivity contribution in [2.24, 2.45) is 11.0 Å². The second-order valence-electron chi connectivity index (χ2n) is 6.78. The molecule has 1 aromatic heterocycles. The summed E-state index contributed by atoms with van der Waals surface area (Å²) < 4.78 is 1.90. The minimum absolute atomic E-state index is 0.139. The molecule has 0 radical (unpaired) electrons. The van der Waals surface area contributed by atoms with Gasteiger partial charge in [0, 0.05) is 6.21 Å². The molecular formula is C20H28N4O. The molecule has 1 unspecified atom stereocenters. The third-order valence-electron chi connectivity index (χ3n) is 4.15. The zero-order valence-corrected chi connectivity index (χ0v) is 15.6. The molecule has 0 fully saturated rings. The number of amides is 1. The van der Waals surface area contributed by atoms with Crippen LogP contribution in [-0.4, -0.2) is 21.7 Å². The number of nitrogens with zero attached hydrogens (tertiary/aromatic N) is 3. The van der Waals surface area contributed by atoms with Gasteiger partial charge in [-0.2, -0.15) is 5.10 Å². The van der Waals surface area contributed by atoms with Crippen LogP contribution in [0, 0.1) is 12.8 Å². The topological polar surface area (TPSA) is 59.3 Å². The largest absolute Gasteiger partial charge is 0.319 e. The van der Waals surface area contributed by atoms with E-state index >= 15 is 0 Å². The summed E-state index contributed by atoms with van der Waals surface area (Å²) in [5.74, 6) is 1.24. The number of fused-ring (bicyclic) bond motifs is 1. The Morgan fingerprint density at radius 3 is 2.88 bits per heavy atom. The van der Waals surface area contributed by atoms with E-state index in [1.807, 2.05) is 35.8 Å². The van der Waals surface area contributed by atoms with Crippen LogP contribution in [-0.2, 0) is 11.3 Å². The van der Waals surface area contributed by atoms with E-state index in [9.17, 15) is 4.79 Å². The van der Waals surface area contributed by atoms with E-state index in [2.05, 4.69) is 42.4 Å². The highest BCUT2D eigenvalue weighted by atomic mass is 16.2. The molecule has 0 bridgehead atoms. The summed E-state index contributed by atoms with van der Waals surface area (Å²) in [5.41, 5.74) is 5.84. The first-order chi connectivity index (χ1) is 12.0. The van der Waals surface area contributed by atoms with Crippen molar-refractivity contribution in [1.29, 1.82) is 0 Å². The summed E-state index contributed by atoms with van der Waals surface area (Å²) in [5, 5.41) is 4.07. The summed E-state index contributed by atoms with van der Waals surface area (Å²) in [6.45, 7) is 8.57. The summed E-state index contributed by atoms with van der Waals surface area (Å²) in [6.07, 6.45) is 7.14. The van der Waals surface area contributed by atoms with Crippen molar-refractivity contribution in [2.75, 3.05) is 0 Å². The first kappa shape index (κ1) is 18.9. The van der Waals surface area contributed by atoms with Gasteiger partial charge in [0.1, 0.15) is 12.4 Å². The molecule has 2 rings (SSSR count). The number of aryl methyl sites for hydroxylation is 1. The van der Waals surface area contributed by atoms with Gasteiger partial charge in [-0.25, -0.2) is 10.4 Å². The van der Waals surface area contributed by atoms with Crippen LogP contribution in [0.4, 0.5) is 0 Å². The number of hydrogen-bond acceptors (Lipinski definition) is 3. The quantitative estimate of drug-likeness (QED) is 0.444. The predicted molar refractivity (Wildman–Crippen MR) is 104 cm³/mol. The molecule has 1 amide bonds. The molecule has 0 saturated carbocycles. The Balaban J connectivity index is 1.80. The van der Waals surface area contributed by atoms with Crippen LogP contribution in [0.3, 0.4) is 0 Å². The molecular weight excluding hydrogens is 312 g/mol. The number of rotatable bonds is 8. The summed E-state index contributed by atoms with van der Waals surface area (Å²) >= 11 is 0. The van der Waals surface area contributed by atoms with E-state index in [1.165, 1.54) is 5.57 Å². The maximum Gasteiger partial charge on any atom is 0.260 e. The lowest BCUT2D eigenvalue weighted by molar-refractivity contribution is -0.121. The van der Waals surface area contributed by atoms with Crippen LogP contribution in [0.2, 0.25) is 0 Å². The molecule has 5 nitrogen and oxygen atoms in total. The molecule has 5 heteroatoms. The fourth-order valence-corrected chi connectivity index (χ4v) is 2.70. The van der Waals surface area contributed by atoms with Crippen LogP contribution in [0.15, 0.2) is 41.0 Å². The smallest absolute Gasteiger partial charge is 0.260 e. The number of aromatic nitrogens is 2. The van der Waals surface area contributed by atoms with Crippen LogP contribution in [0.5, 0.6) is 0 Å². The molecule has 0 aliphatic heterocycles. The molecule has 0 aliphatic carbocycles. The summed E-state index contributed by atoms with van der Waals surface area (Å²) in [4.78, 5) is 16.6. The Bertz CT molecular complexity index is 769. The number of benzene rings is 1. The lowest BCUT2D eigenvalue weighted by Crippen LogP contribution is -2.23. The molecule has 0 spiro atoms. The van der Waals surface area contributed by atoms with Crippen molar-refractivity contribution >= 4 is 23.2 Å². The minimum atomic E-state index is -0.139. The molecule has 134 valence electrons. The first-order valence-electron chi connectivity index (χ1n) is 8.83. The van der Waals surface area contributed by atoms with E-state index in [1.54, 1.807) is 6.21 Å². The van der Waals surface area contributed by atoms with E-state index < -0.39 is 0 Å². The first-order valence-corrected chi connectivity index (χ1v) is 8.83. The van der Waals surface area contributed by atoms with Gasteiger partial charge in [0.2, 0.25) is 0 Å². The standard InChI is InChI=1S/C20H28N4O/c1-15(2)8-7-9-16(3)12-13-21-23-20(25)14-24-17(4)22-18-10-5-6-11-19(18)24/h5-6,8,10-11,13,16H,7,9,12,14H2,1-4H3,(H,23,25)/b21-13+. The van der Waals surface area contributed by atoms with Gasteiger partial charge in [-0.15, -0.1) is 0 Å². The summed E-state index contributed by atoms with van der Waals surface area (Å²) in [7, 11) is 0. The van der Waals surface area contributed by atoms with Gasteiger partial charge >= 0.3 is 0 Å². The van der Waals surface area contributed by atoms with Gasteiger partial charge in [-0.1, -0.05) is 30.7 Å². The highest BCUT2D eigenvalue weighted by molar-refractivity contribution is 5.81. The molecule has 2 aromatic rings. The van der Waals surface area contributed by atoms with Gasteiger partial charge in [0.25, 0.3) is 5.91 Å². The van der Waals surface area contributed by atoms with Gasteiger partial charge in [0.15, 0.2) is 0 Å². The number of carbonyl (C=O) groups is 1. The molecule has 0 saturated heterocycles. The Morgan fingerprint density at radius 2 is 2.12 bits per heavy atom. The Labute approximate surface area is 149 Å². The maximum atomic E-state index is 12.1. The average Bonchev–Trinajstić information content (AvgIpc) is 2.87. The van der Waals surface area contributed by atoms with Gasteiger partial charge in [0.05, 0.1) is 11.0 Å². The number of para-hydroxylation sites is 2. The normalized spacial score (nSPS) is 12.5. The average molecular weight is 340 g/mol. The fourth-order valence-electron chi connectivity index (χ4n) is 2.70. The Kier molecular flexibility index (Phi) is 6.92. The van der Waals surface area contributed by atoms with Crippen LogP contribution in [0.1, 0.15) is 45.9 Å². The maximum absolute atomic E-state index is 12.1. The van der Waals surface area contributed by atoms with Crippen molar-refractivity contribution in [3.8, 4) is 0 Å². The van der Waals surface area contributed by atoms with Crippen molar-refractivity contribution in [3.63, 3.8) is 0 Å². The van der Waals surface area contributed by atoms with E-state index in [0.29, 0.717) is 5.92 Å². The monoisotopic (exact) mass is 340 g/mol. The number of hydrogen-bond donors (Lipinski definition) is 1. The number of allylic oxidation sites excluding steroid dienone is 2. The molecule has 1 aromatic carbocycles. The van der Waals surface area contributed by atoms with Gasteiger partial charge in [-0.05, 0) is 58.1 Å². The molecule has 0 aliphatic rings. The zero-order valence-electron chi connectivity index (χ0n) is 15.6. The Hall–Kier alpha value is -2.43. The lowest BCUT2D eigenvalue weighted by Gasteiger charge is -2.07. The third kappa shape index (κ3) is 5.85. The number of hydrazone groups is 1. The second-order valence-corrected chi connectivity index (χ2v) is 6.78. The number of carbonyl (C=O) groups excluding carboxylic acids is 1. The van der Waals surface area contributed by atoms with Crippen molar-refractivity contribution in [2.45, 2.75) is 53.5 Å². The van der Waals surface area contributed by atoms with Gasteiger partial charge in [-0.3, -0.25) is 4.79 Å². The number of imidazole rings is 1. The van der Waals surface area contributed by atoms with Crippen molar-refractivity contribution in [1.82, 2.24) is 15.0 Å². The summed E-state index contributed by atoms with van der Waals surface area (Å²) in [6, 6.07) is 7.82. The Morgan fingerprint density at radius 1 is 1.36 bits per heavy atom. The lowest BCUT2D eigenvalue weighted by atomic mass is 10.0. The van der Waals surface area contributed by atoms with E-state index in [0.717, 1.165) is 36.1 Å². The molecule has 1 N–H and O–H groups in total. The zero-order chi connectivity index (χ0) is 18.2. The predicted octanol–water partition coefficient (Wildman–Crippen LogP) is 4.22. The molecule has 1 heterocycles. The highest BCUT2D eigenvalue weighted by Crippen LogP contribution is 2.15. The third-order valence-corrected chi connectivity index (χ3v) is 4.15. The highest BCUT2D eigenvalue weighted by Gasteiger charge is 2.10. The van der Waals surface area contributed by atoms with Crippen molar-refractivity contribution < 1.29 is 4.79 Å². The van der Waals surface area contributed by atoms with E-state index in [4.69, 9.17) is 0 Å². The van der Waals surface area contributed by atoms with Crippen LogP contribution < -0.4 is 5.43 Å². The molecule has 25 heavy (non-hydrogen) atoms. The SMILES string of the molecule is CC(C)=CCCC(C)C/C=N/NC(=O)Cn1c(C)nc2ccccc21. The molecule has 1 atom stereocenters. The van der Waals surface area contributed by atoms with Crippen LogP contribution in [0.25, 0.3) is 11.0 Å². The van der Waals surface area contributed by atoms with E-state index in [-0.39, 0.29) is 12.5 Å². The van der Waals surface area contributed by atoms with Crippen LogP contribution >= 0.6 is 0 Å². The fraction of sp³-hybridized carbons (Fsp3) is 0.450. The van der Waals surface area contributed by atoms with Crippen molar-refractivity contribution in [3.05, 3.63) is 41.7 Å².